The lowest BCUT2D eigenvalue weighted by atomic mass is 9.92. The highest BCUT2D eigenvalue weighted by Crippen LogP contribution is 2.18. The second-order valence-electron chi connectivity index (χ2n) is 6.21. The third-order valence-electron chi connectivity index (χ3n) is 1.68. The van der Waals surface area contributed by atoms with Gasteiger partial charge in [-0.25, -0.2) is 4.79 Å². The van der Waals surface area contributed by atoms with Crippen molar-refractivity contribution in [2.24, 2.45) is 5.41 Å². The predicted octanol–water partition coefficient (Wildman–Crippen LogP) is 3.50. The van der Waals surface area contributed by atoms with Gasteiger partial charge in [-0.2, -0.15) is 0 Å². The summed E-state index contributed by atoms with van der Waals surface area (Å²) in [5, 5.41) is 2.73. The van der Waals surface area contributed by atoms with Crippen molar-refractivity contribution < 1.29 is 9.53 Å². The second kappa shape index (κ2) is 5.92. The molecule has 0 spiro atoms. The van der Waals surface area contributed by atoms with Gasteiger partial charge in [-0.15, -0.1) is 0 Å². The zero-order chi connectivity index (χ0) is 12.8. The highest BCUT2D eigenvalue weighted by atomic mass is 16.5. The number of amides is 1. The topological polar surface area (TPSA) is 38.3 Å². The third kappa shape index (κ3) is 11.1. The summed E-state index contributed by atoms with van der Waals surface area (Å²) in [7, 11) is 0. The summed E-state index contributed by atoms with van der Waals surface area (Å²) in [5.41, 5.74) is 0.0381. The maximum atomic E-state index is 11.3. The molecule has 0 aliphatic carbocycles. The first-order valence-corrected chi connectivity index (χ1v) is 5.70. The minimum Gasteiger partial charge on any atom is -0.445 e. The average molecular weight is 227 g/mol. The van der Waals surface area contributed by atoms with Crippen molar-refractivity contribution in [2.45, 2.75) is 53.5 Å². The van der Waals surface area contributed by atoms with Gasteiger partial charge in [-0.3, -0.25) is 0 Å². The maximum Gasteiger partial charge on any atom is 0.407 e. The Morgan fingerprint density at radius 1 is 1.12 bits per heavy atom. The van der Waals surface area contributed by atoms with Crippen LogP contribution in [-0.2, 0) is 4.74 Å². The van der Waals surface area contributed by atoms with E-state index in [-0.39, 0.29) is 17.0 Å². The van der Waals surface area contributed by atoms with Crippen molar-refractivity contribution in [3.05, 3.63) is 12.2 Å². The molecule has 3 nitrogen and oxygen atoms in total. The number of nitrogens with one attached hydrogen (secondary N) is 1. The molecule has 3 heteroatoms. The number of carbonyl (C=O) groups excluding carboxylic acids is 1. The molecule has 0 aromatic carbocycles. The Morgan fingerprint density at radius 3 is 2.12 bits per heavy atom. The molecule has 0 unspecified atom stereocenters. The van der Waals surface area contributed by atoms with E-state index in [9.17, 15) is 4.79 Å². The van der Waals surface area contributed by atoms with Crippen molar-refractivity contribution in [1.29, 1.82) is 0 Å². The van der Waals surface area contributed by atoms with E-state index in [4.69, 9.17) is 4.74 Å². The van der Waals surface area contributed by atoms with E-state index in [0.29, 0.717) is 6.61 Å². The van der Waals surface area contributed by atoms with Crippen molar-refractivity contribution in [3.8, 4) is 0 Å². The minimum atomic E-state index is -0.368. The molecule has 0 saturated heterocycles. The first-order valence-electron chi connectivity index (χ1n) is 5.70. The lowest BCUT2D eigenvalue weighted by molar-refractivity contribution is 0.149. The van der Waals surface area contributed by atoms with Crippen LogP contribution in [0.25, 0.3) is 0 Å². The van der Waals surface area contributed by atoms with Crippen LogP contribution in [0.5, 0.6) is 0 Å². The van der Waals surface area contributed by atoms with Crippen LogP contribution in [-0.4, -0.2) is 18.2 Å². The Labute approximate surface area is 99.3 Å². The maximum absolute atomic E-state index is 11.3. The van der Waals surface area contributed by atoms with Crippen LogP contribution in [0.15, 0.2) is 12.2 Å². The number of rotatable bonds is 3. The number of allylic oxidation sites excluding steroid dienone is 1. The number of alkyl carbamates (subject to hydrolysis) is 1. The minimum absolute atomic E-state index is 0.244. The fraction of sp³-hybridized carbons (Fsp3) is 0.769. The van der Waals surface area contributed by atoms with Crippen LogP contribution in [0.3, 0.4) is 0 Å². The largest absolute Gasteiger partial charge is 0.445 e. The molecule has 1 N–H and O–H groups in total. The Kier molecular flexibility index (Phi) is 5.56. The lowest BCUT2D eigenvalue weighted by Gasteiger charge is -2.19. The molecule has 0 fully saturated rings. The SMILES string of the molecule is CC(C)(C)C/C=C/COC(=O)NC(C)(C)C. The van der Waals surface area contributed by atoms with Crippen LogP contribution >= 0.6 is 0 Å². The zero-order valence-electron chi connectivity index (χ0n) is 11.4. The van der Waals surface area contributed by atoms with Gasteiger partial charge in [-0.05, 0) is 32.6 Å². The van der Waals surface area contributed by atoms with Crippen LogP contribution in [0.2, 0.25) is 0 Å². The van der Waals surface area contributed by atoms with E-state index >= 15 is 0 Å². The first kappa shape index (κ1) is 15.0. The zero-order valence-corrected chi connectivity index (χ0v) is 11.4. The Balaban J connectivity index is 3.71. The molecular formula is C13H25NO2. The van der Waals surface area contributed by atoms with Crippen LogP contribution < -0.4 is 5.32 Å². The molecule has 0 saturated carbocycles. The average Bonchev–Trinajstić information content (AvgIpc) is 1.97. The molecule has 0 aromatic rings. The Hall–Kier alpha value is -0.990. The number of ether oxygens (including phenoxy) is 1. The highest BCUT2D eigenvalue weighted by Gasteiger charge is 2.13. The van der Waals surface area contributed by atoms with Crippen molar-refractivity contribution in [2.75, 3.05) is 6.61 Å². The number of hydrogen-bond donors (Lipinski definition) is 1. The number of hydrogen-bond acceptors (Lipinski definition) is 2. The van der Waals surface area contributed by atoms with Gasteiger partial charge in [0.05, 0.1) is 0 Å². The van der Waals surface area contributed by atoms with Gasteiger partial charge in [0.1, 0.15) is 6.61 Å². The molecule has 0 aromatic heterocycles. The van der Waals surface area contributed by atoms with E-state index in [0.717, 1.165) is 6.42 Å². The van der Waals surface area contributed by atoms with Gasteiger partial charge < -0.3 is 10.1 Å². The predicted molar refractivity (Wildman–Crippen MR) is 67.4 cm³/mol. The summed E-state index contributed by atoms with van der Waals surface area (Å²) < 4.78 is 5.00. The molecule has 0 atom stereocenters. The van der Waals surface area contributed by atoms with Crippen LogP contribution in [0.4, 0.5) is 4.79 Å². The van der Waals surface area contributed by atoms with Gasteiger partial charge >= 0.3 is 6.09 Å². The van der Waals surface area contributed by atoms with Crippen molar-refractivity contribution >= 4 is 6.09 Å². The standard InChI is InChI=1S/C13H25NO2/c1-12(2,3)9-7-8-10-16-11(15)14-13(4,5)6/h7-8H,9-10H2,1-6H3,(H,14,15)/b8-7+. The smallest absolute Gasteiger partial charge is 0.407 e. The summed E-state index contributed by atoms with van der Waals surface area (Å²) >= 11 is 0. The van der Waals surface area contributed by atoms with E-state index in [1.807, 2.05) is 32.9 Å². The number of carbonyl (C=O) groups is 1. The molecule has 0 heterocycles. The molecule has 94 valence electrons. The van der Waals surface area contributed by atoms with E-state index < -0.39 is 0 Å². The third-order valence-corrected chi connectivity index (χ3v) is 1.68. The monoisotopic (exact) mass is 227 g/mol. The Bertz CT molecular complexity index is 244. The van der Waals surface area contributed by atoms with Crippen molar-refractivity contribution in [1.82, 2.24) is 5.32 Å². The molecule has 0 rings (SSSR count). The van der Waals surface area contributed by atoms with Crippen LogP contribution in [0.1, 0.15) is 48.0 Å². The van der Waals surface area contributed by atoms with E-state index in [1.54, 1.807) is 0 Å². The molecule has 0 aliphatic heterocycles. The van der Waals surface area contributed by atoms with Crippen molar-refractivity contribution in [3.63, 3.8) is 0 Å². The summed E-state index contributed by atoms with van der Waals surface area (Å²) in [6.45, 7) is 12.6. The molecule has 0 radical (unpaired) electrons. The van der Waals surface area contributed by atoms with Crippen LogP contribution in [0, 0.1) is 5.41 Å². The van der Waals surface area contributed by atoms with Gasteiger partial charge in [0.15, 0.2) is 0 Å². The lowest BCUT2D eigenvalue weighted by Crippen LogP contribution is -2.40. The summed E-state index contributed by atoms with van der Waals surface area (Å²) in [6, 6.07) is 0. The molecule has 16 heavy (non-hydrogen) atoms. The fourth-order valence-electron chi connectivity index (χ4n) is 0.971. The Morgan fingerprint density at radius 2 is 1.69 bits per heavy atom. The molecular weight excluding hydrogens is 202 g/mol. The molecule has 1 amide bonds. The first-order chi connectivity index (χ1) is 7.10. The van der Waals surface area contributed by atoms with Gasteiger partial charge in [-0.1, -0.05) is 32.9 Å². The highest BCUT2D eigenvalue weighted by molar-refractivity contribution is 5.68. The van der Waals surface area contributed by atoms with Gasteiger partial charge in [0.2, 0.25) is 0 Å². The second-order valence-corrected chi connectivity index (χ2v) is 6.21. The molecule has 0 aliphatic rings. The normalized spacial score (nSPS) is 12.9. The van der Waals surface area contributed by atoms with Gasteiger partial charge in [0.25, 0.3) is 0 Å². The summed E-state index contributed by atoms with van der Waals surface area (Å²) in [6.07, 6.45) is 4.54. The quantitative estimate of drug-likeness (QED) is 0.749. The summed E-state index contributed by atoms with van der Waals surface area (Å²) in [5.74, 6) is 0. The fourth-order valence-corrected chi connectivity index (χ4v) is 0.971. The summed E-state index contributed by atoms with van der Waals surface area (Å²) in [4.78, 5) is 11.3. The van der Waals surface area contributed by atoms with Gasteiger partial charge in [0, 0.05) is 5.54 Å². The molecule has 0 bridgehead atoms. The van der Waals surface area contributed by atoms with E-state index in [2.05, 4.69) is 26.1 Å². The van der Waals surface area contributed by atoms with E-state index in [1.165, 1.54) is 0 Å².